The van der Waals surface area contributed by atoms with Gasteiger partial charge in [-0.2, -0.15) is 0 Å². The Labute approximate surface area is 331 Å². The van der Waals surface area contributed by atoms with Crippen LogP contribution >= 0.6 is 0 Å². The third-order valence-electron chi connectivity index (χ3n) is 14.1. The van der Waals surface area contributed by atoms with Crippen LogP contribution in [0.1, 0.15) is 49.9 Å². The predicted molar refractivity (Wildman–Crippen MR) is 242 cm³/mol. The highest BCUT2D eigenvalue weighted by Crippen LogP contribution is 2.57. The molecule has 2 aliphatic carbocycles. The zero-order valence-electron chi connectivity index (χ0n) is 32.5. The average molecular weight is 726 g/mol. The second-order valence-electron chi connectivity index (χ2n) is 17.6. The molecule has 2 heterocycles. The first-order valence-corrected chi connectivity index (χ1v) is 20.4. The Kier molecular flexibility index (Phi) is 5.84. The van der Waals surface area contributed by atoms with Crippen molar-refractivity contribution in [2.45, 2.75) is 38.5 Å². The molecule has 0 fully saturated rings. The summed E-state index contributed by atoms with van der Waals surface area (Å²) in [6, 6.07) is 62.2. The zero-order valence-corrected chi connectivity index (χ0v) is 32.5. The molecule has 57 heavy (non-hydrogen) atoms. The number of hydrogen-bond acceptors (Lipinski definition) is 0. The van der Waals surface area contributed by atoms with Gasteiger partial charge in [0.25, 0.3) is 0 Å². The summed E-state index contributed by atoms with van der Waals surface area (Å²) in [5.41, 5.74) is 20.0. The van der Waals surface area contributed by atoms with Gasteiger partial charge in [-0.15, -0.1) is 0 Å². The molecule has 0 bridgehead atoms. The highest BCUT2D eigenvalue weighted by Gasteiger charge is 2.39. The van der Waals surface area contributed by atoms with Crippen LogP contribution in [0, 0.1) is 0 Å². The molecule has 1 nitrogen and oxygen atoms in total. The second kappa shape index (κ2) is 10.6. The first kappa shape index (κ1) is 31.5. The van der Waals surface area contributed by atoms with Crippen LogP contribution in [0.3, 0.4) is 0 Å². The van der Waals surface area contributed by atoms with E-state index in [4.69, 9.17) is 0 Å². The fourth-order valence-electron chi connectivity index (χ4n) is 11.6. The zero-order chi connectivity index (χ0) is 37.9. The first-order chi connectivity index (χ1) is 27.8. The van der Waals surface area contributed by atoms with E-state index in [0.29, 0.717) is 0 Å². The number of fused-ring (bicyclic) bond motifs is 14. The Morgan fingerprint density at radius 1 is 0.333 bits per heavy atom. The Balaban J connectivity index is 1.22. The molecule has 2 aliphatic rings. The lowest BCUT2D eigenvalue weighted by atomic mass is 9.81. The summed E-state index contributed by atoms with van der Waals surface area (Å²) in [5, 5.41) is 10.4. The van der Waals surface area contributed by atoms with Crippen LogP contribution in [0.25, 0.3) is 104 Å². The van der Waals surface area contributed by atoms with Crippen LogP contribution in [-0.2, 0) is 10.8 Å². The quantitative estimate of drug-likeness (QED) is 0.167. The molecule has 268 valence electrons. The topological polar surface area (TPSA) is 4.41 Å². The fourth-order valence-corrected chi connectivity index (χ4v) is 11.6. The van der Waals surface area contributed by atoms with E-state index in [1.165, 1.54) is 126 Å². The van der Waals surface area contributed by atoms with E-state index in [1.54, 1.807) is 0 Å². The molecule has 2 aromatic heterocycles. The van der Waals surface area contributed by atoms with Gasteiger partial charge in [-0.1, -0.05) is 179 Å². The Morgan fingerprint density at radius 3 is 1.19 bits per heavy atom. The number of nitrogens with zero attached hydrogens (tertiary/aromatic N) is 1. The van der Waals surface area contributed by atoms with Crippen molar-refractivity contribution in [3.63, 3.8) is 0 Å². The van der Waals surface area contributed by atoms with Crippen molar-refractivity contribution in [2.24, 2.45) is 0 Å². The van der Waals surface area contributed by atoms with Crippen molar-refractivity contribution in [1.29, 1.82) is 0 Å². The molecule has 0 radical (unpaired) electrons. The maximum Gasteiger partial charge on any atom is 0.0620 e. The molecule has 0 amide bonds. The van der Waals surface area contributed by atoms with Crippen molar-refractivity contribution in [3.05, 3.63) is 186 Å². The Hall–Kier alpha value is -6.70. The van der Waals surface area contributed by atoms with Gasteiger partial charge in [0.1, 0.15) is 0 Å². The molecule has 1 heteroatoms. The van der Waals surface area contributed by atoms with Crippen molar-refractivity contribution < 1.29 is 0 Å². The smallest absolute Gasteiger partial charge is 0.0620 e. The molecular weight excluding hydrogens is 687 g/mol. The third kappa shape index (κ3) is 3.76. The average Bonchev–Trinajstić information content (AvgIpc) is 3.90. The van der Waals surface area contributed by atoms with Gasteiger partial charge in [-0.3, -0.25) is 0 Å². The molecule has 9 aromatic carbocycles. The lowest BCUT2D eigenvalue weighted by molar-refractivity contribution is 0.660. The lowest BCUT2D eigenvalue weighted by Crippen LogP contribution is -2.14. The van der Waals surface area contributed by atoms with Crippen LogP contribution in [0.4, 0.5) is 0 Å². The van der Waals surface area contributed by atoms with Crippen LogP contribution in [0.2, 0.25) is 0 Å². The monoisotopic (exact) mass is 725 g/mol. The predicted octanol–water partition coefficient (Wildman–Crippen LogP) is 15.1. The van der Waals surface area contributed by atoms with Gasteiger partial charge in [0.15, 0.2) is 0 Å². The summed E-state index contributed by atoms with van der Waals surface area (Å²) in [5.74, 6) is 0. The SMILES string of the molecule is CC1(C)c2ccccc2-c2c(-c3c4ccccc4cc4c3c3cccc5c6c(-c7cccc8c7-c7ccccc7C8(C)C)c7ccccc7cc6n4c35)cccc21. The van der Waals surface area contributed by atoms with Crippen LogP contribution in [-0.4, -0.2) is 4.40 Å². The number of hydrogen-bond donors (Lipinski definition) is 0. The van der Waals surface area contributed by atoms with Gasteiger partial charge in [0.05, 0.1) is 16.6 Å². The van der Waals surface area contributed by atoms with Gasteiger partial charge in [-0.05, 0) is 89.3 Å². The summed E-state index contributed by atoms with van der Waals surface area (Å²) in [6.07, 6.45) is 0. The summed E-state index contributed by atoms with van der Waals surface area (Å²) in [7, 11) is 0. The molecule has 0 aliphatic heterocycles. The summed E-state index contributed by atoms with van der Waals surface area (Å²) in [6.45, 7) is 9.54. The van der Waals surface area contributed by atoms with Crippen molar-refractivity contribution >= 4 is 59.6 Å². The normalized spacial score (nSPS) is 14.9. The van der Waals surface area contributed by atoms with E-state index in [-0.39, 0.29) is 10.8 Å². The standard InChI is InChI=1S/C56H39N/c1-55(2)42-26-11-9-20-36(42)48-38(22-14-28-44(48)55)50-34-18-7-5-16-32(34)30-46-52(50)40-24-13-25-41-53-47(57(46)54(40)41)31-33-17-6-8-19-35(33)51(53)39-23-15-29-45-49(39)37-21-10-12-27-43(37)56(45,3)4/h5-31H,1-4H3. The minimum atomic E-state index is -0.0814. The number of benzene rings is 9. The Bertz CT molecular complexity index is 3340. The van der Waals surface area contributed by atoms with E-state index in [9.17, 15) is 0 Å². The third-order valence-corrected chi connectivity index (χ3v) is 14.1. The highest BCUT2D eigenvalue weighted by molar-refractivity contribution is 6.33. The summed E-state index contributed by atoms with van der Waals surface area (Å²) in [4.78, 5) is 0. The maximum atomic E-state index is 2.61. The molecule has 0 saturated carbocycles. The lowest BCUT2D eigenvalue weighted by Gasteiger charge is -2.22. The number of aromatic nitrogens is 1. The second-order valence-corrected chi connectivity index (χ2v) is 17.6. The van der Waals surface area contributed by atoms with E-state index >= 15 is 0 Å². The minimum Gasteiger partial charge on any atom is -0.308 e. The molecule has 11 aromatic rings. The van der Waals surface area contributed by atoms with Crippen molar-refractivity contribution in [2.75, 3.05) is 0 Å². The Morgan fingerprint density at radius 2 is 0.702 bits per heavy atom. The molecular formula is C56H39N. The molecule has 0 N–H and O–H groups in total. The van der Waals surface area contributed by atoms with Gasteiger partial charge < -0.3 is 4.40 Å². The summed E-state index contributed by atoms with van der Waals surface area (Å²) >= 11 is 0. The van der Waals surface area contributed by atoms with Crippen molar-refractivity contribution in [1.82, 2.24) is 4.40 Å². The van der Waals surface area contributed by atoms with E-state index in [2.05, 4.69) is 196 Å². The molecule has 0 spiro atoms. The van der Waals surface area contributed by atoms with Gasteiger partial charge in [0.2, 0.25) is 0 Å². The van der Waals surface area contributed by atoms with Gasteiger partial charge >= 0.3 is 0 Å². The van der Waals surface area contributed by atoms with Gasteiger partial charge in [-0.25, -0.2) is 0 Å². The highest BCUT2D eigenvalue weighted by atomic mass is 14.9. The van der Waals surface area contributed by atoms with E-state index in [1.807, 2.05) is 0 Å². The first-order valence-electron chi connectivity index (χ1n) is 20.4. The van der Waals surface area contributed by atoms with Gasteiger partial charge in [0, 0.05) is 43.5 Å². The largest absolute Gasteiger partial charge is 0.308 e. The summed E-state index contributed by atoms with van der Waals surface area (Å²) < 4.78 is 2.61. The number of para-hydroxylation sites is 1. The molecule has 0 unspecified atom stereocenters. The molecule has 13 rings (SSSR count). The fraction of sp³-hybridized carbons (Fsp3) is 0.107. The molecule has 0 saturated heterocycles. The van der Waals surface area contributed by atoms with Crippen LogP contribution in [0.15, 0.2) is 164 Å². The number of rotatable bonds is 2. The van der Waals surface area contributed by atoms with E-state index < -0.39 is 0 Å². The van der Waals surface area contributed by atoms with E-state index in [0.717, 1.165) is 0 Å². The van der Waals surface area contributed by atoms with Crippen LogP contribution in [0.5, 0.6) is 0 Å². The van der Waals surface area contributed by atoms with Crippen molar-refractivity contribution in [3.8, 4) is 44.5 Å². The maximum absolute atomic E-state index is 2.61. The molecule has 0 atom stereocenters. The minimum absolute atomic E-state index is 0.0814. The van der Waals surface area contributed by atoms with Crippen LogP contribution < -0.4 is 0 Å².